The van der Waals surface area contributed by atoms with E-state index in [0.29, 0.717) is 19.1 Å². The van der Waals surface area contributed by atoms with Crippen LogP contribution in [0.1, 0.15) is 48.5 Å². The van der Waals surface area contributed by atoms with Gasteiger partial charge in [-0.2, -0.15) is 0 Å². The van der Waals surface area contributed by atoms with Gasteiger partial charge in [0.1, 0.15) is 12.4 Å². The second-order valence-electron chi connectivity index (χ2n) is 5.52. The van der Waals surface area contributed by atoms with E-state index in [1.807, 2.05) is 18.2 Å². The van der Waals surface area contributed by atoms with Gasteiger partial charge in [0.15, 0.2) is 5.78 Å². The predicted octanol–water partition coefficient (Wildman–Crippen LogP) is 3.15. The number of carbonyl (C=O) groups excluding carboxylic acids is 1. The lowest BCUT2D eigenvalue weighted by Gasteiger charge is -2.20. The second kappa shape index (κ2) is 5.33. The summed E-state index contributed by atoms with van der Waals surface area (Å²) in [6.45, 7) is 2.69. The molecule has 0 amide bonds. The maximum absolute atomic E-state index is 11.9. The van der Waals surface area contributed by atoms with E-state index in [1.165, 1.54) is 0 Å². The Kier molecular flexibility index (Phi) is 3.56. The van der Waals surface area contributed by atoms with Gasteiger partial charge in [-0.3, -0.25) is 4.79 Å². The molecule has 1 saturated heterocycles. The van der Waals surface area contributed by atoms with Crippen molar-refractivity contribution in [2.75, 3.05) is 6.61 Å². The fourth-order valence-corrected chi connectivity index (χ4v) is 2.97. The molecule has 0 bridgehead atoms. The number of Topliss-reactive ketones (excluding diaryl/α,β-unsaturated/α-hetero) is 1. The molecule has 0 radical (unpaired) electrons. The van der Waals surface area contributed by atoms with Crippen molar-refractivity contribution in [3.05, 3.63) is 29.3 Å². The van der Waals surface area contributed by atoms with Crippen molar-refractivity contribution < 1.29 is 14.3 Å². The van der Waals surface area contributed by atoms with Crippen LogP contribution < -0.4 is 4.74 Å². The fraction of sp³-hybridized carbons (Fsp3) is 0.562. The summed E-state index contributed by atoms with van der Waals surface area (Å²) in [7, 11) is 0. The van der Waals surface area contributed by atoms with Crippen LogP contribution >= 0.6 is 0 Å². The van der Waals surface area contributed by atoms with Gasteiger partial charge >= 0.3 is 0 Å². The number of hydrogen-bond acceptors (Lipinski definition) is 3. The Morgan fingerprint density at radius 3 is 3.00 bits per heavy atom. The van der Waals surface area contributed by atoms with Crippen LogP contribution in [0, 0.1) is 0 Å². The smallest absolute Gasteiger partial charge is 0.163 e. The minimum atomic E-state index is 0.199. The van der Waals surface area contributed by atoms with Crippen LogP contribution in [0.15, 0.2) is 18.2 Å². The van der Waals surface area contributed by atoms with Crippen LogP contribution in [0.3, 0.4) is 0 Å². The van der Waals surface area contributed by atoms with Crippen molar-refractivity contribution in [2.45, 2.75) is 51.2 Å². The number of hydrogen-bond donors (Lipinski definition) is 0. The Morgan fingerprint density at radius 2 is 2.21 bits per heavy atom. The summed E-state index contributed by atoms with van der Waals surface area (Å²) in [5.41, 5.74) is 1.94. The number of ketones is 1. The lowest BCUT2D eigenvalue weighted by molar-refractivity contribution is 0.0262. The van der Waals surface area contributed by atoms with E-state index < -0.39 is 0 Å². The first-order valence-electron chi connectivity index (χ1n) is 7.17. The highest BCUT2D eigenvalue weighted by Crippen LogP contribution is 2.30. The second-order valence-corrected chi connectivity index (χ2v) is 5.52. The van der Waals surface area contributed by atoms with Gasteiger partial charge in [0, 0.05) is 17.5 Å². The monoisotopic (exact) mass is 260 g/mol. The molecule has 1 aliphatic carbocycles. The number of ether oxygens (including phenoxy) is 2. The van der Waals surface area contributed by atoms with Crippen LogP contribution in [0.25, 0.3) is 0 Å². The minimum absolute atomic E-state index is 0.199. The third kappa shape index (κ3) is 2.66. The first-order chi connectivity index (χ1) is 9.24. The van der Waals surface area contributed by atoms with E-state index in [4.69, 9.17) is 9.47 Å². The highest BCUT2D eigenvalue weighted by Gasteiger charge is 2.24. The Morgan fingerprint density at radius 1 is 1.32 bits per heavy atom. The molecule has 0 N–H and O–H groups in total. The molecule has 2 atom stereocenters. The van der Waals surface area contributed by atoms with Crippen LogP contribution in [-0.2, 0) is 11.2 Å². The first-order valence-corrected chi connectivity index (χ1v) is 7.17. The SMILES string of the molecule is CC1CCC(COc2cccc3c2CCCC3=O)O1. The summed E-state index contributed by atoms with van der Waals surface area (Å²) in [6.07, 6.45) is 5.27. The van der Waals surface area contributed by atoms with E-state index in [2.05, 4.69) is 6.92 Å². The largest absolute Gasteiger partial charge is 0.491 e. The molecule has 2 unspecified atom stereocenters. The molecule has 1 heterocycles. The molecule has 0 spiro atoms. The van der Waals surface area contributed by atoms with Gasteiger partial charge in [0.2, 0.25) is 0 Å². The van der Waals surface area contributed by atoms with Crippen LogP contribution in [0.4, 0.5) is 0 Å². The molecule has 3 nitrogen and oxygen atoms in total. The van der Waals surface area contributed by atoms with Crippen molar-refractivity contribution in [1.29, 1.82) is 0 Å². The van der Waals surface area contributed by atoms with Crippen molar-refractivity contribution in [3.8, 4) is 5.75 Å². The molecule has 102 valence electrons. The number of rotatable bonds is 3. The zero-order valence-electron chi connectivity index (χ0n) is 11.4. The van der Waals surface area contributed by atoms with E-state index in [9.17, 15) is 4.79 Å². The molecule has 1 aromatic rings. The first kappa shape index (κ1) is 12.7. The van der Waals surface area contributed by atoms with E-state index >= 15 is 0 Å². The lowest BCUT2D eigenvalue weighted by atomic mass is 9.90. The number of benzene rings is 1. The van der Waals surface area contributed by atoms with Gasteiger partial charge in [-0.05, 0) is 38.7 Å². The van der Waals surface area contributed by atoms with Gasteiger partial charge in [-0.15, -0.1) is 0 Å². The highest BCUT2D eigenvalue weighted by atomic mass is 16.5. The summed E-state index contributed by atoms with van der Waals surface area (Å²) in [4.78, 5) is 11.9. The van der Waals surface area contributed by atoms with Crippen LogP contribution in [0.5, 0.6) is 5.75 Å². The van der Waals surface area contributed by atoms with E-state index in [-0.39, 0.29) is 11.9 Å². The molecule has 1 aromatic carbocycles. The normalized spacial score (nSPS) is 26.3. The molecular formula is C16H20O3. The molecule has 0 aromatic heterocycles. The Hall–Kier alpha value is -1.35. The quantitative estimate of drug-likeness (QED) is 0.837. The number of carbonyl (C=O) groups is 1. The van der Waals surface area contributed by atoms with E-state index in [1.54, 1.807) is 0 Å². The van der Waals surface area contributed by atoms with Crippen LogP contribution in [-0.4, -0.2) is 24.6 Å². The van der Waals surface area contributed by atoms with Gasteiger partial charge in [0.25, 0.3) is 0 Å². The van der Waals surface area contributed by atoms with E-state index in [0.717, 1.165) is 42.6 Å². The lowest BCUT2D eigenvalue weighted by Crippen LogP contribution is -2.19. The predicted molar refractivity (Wildman–Crippen MR) is 72.8 cm³/mol. The zero-order valence-corrected chi connectivity index (χ0v) is 11.4. The molecule has 1 fully saturated rings. The summed E-state index contributed by atoms with van der Waals surface area (Å²) in [5, 5.41) is 0. The average molecular weight is 260 g/mol. The van der Waals surface area contributed by atoms with Crippen molar-refractivity contribution in [3.63, 3.8) is 0 Å². The fourth-order valence-electron chi connectivity index (χ4n) is 2.97. The number of fused-ring (bicyclic) bond motifs is 1. The van der Waals surface area contributed by atoms with Crippen molar-refractivity contribution in [2.24, 2.45) is 0 Å². The Labute approximate surface area is 113 Å². The van der Waals surface area contributed by atoms with Gasteiger partial charge in [0.05, 0.1) is 12.2 Å². The summed E-state index contributed by atoms with van der Waals surface area (Å²) in [6, 6.07) is 5.79. The molecule has 3 rings (SSSR count). The van der Waals surface area contributed by atoms with Gasteiger partial charge < -0.3 is 9.47 Å². The molecule has 2 aliphatic rings. The summed E-state index contributed by atoms with van der Waals surface area (Å²) < 4.78 is 11.7. The van der Waals surface area contributed by atoms with Gasteiger partial charge in [-0.1, -0.05) is 12.1 Å². The third-order valence-electron chi connectivity index (χ3n) is 4.01. The maximum atomic E-state index is 11.9. The average Bonchev–Trinajstić information content (AvgIpc) is 2.83. The molecule has 1 aliphatic heterocycles. The van der Waals surface area contributed by atoms with Crippen LogP contribution in [0.2, 0.25) is 0 Å². The Bertz CT molecular complexity index is 481. The Balaban J connectivity index is 1.71. The van der Waals surface area contributed by atoms with Crippen molar-refractivity contribution >= 4 is 5.78 Å². The van der Waals surface area contributed by atoms with Gasteiger partial charge in [-0.25, -0.2) is 0 Å². The highest BCUT2D eigenvalue weighted by molar-refractivity contribution is 5.99. The summed E-state index contributed by atoms with van der Waals surface area (Å²) >= 11 is 0. The minimum Gasteiger partial charge on any atom is -0.491 e. The third-order valence-corrected chi connectivity index (χ3v) is 4.01. The van der Waals surface area contributed by atoms with Crippen molar-refractivity contribution in [1.82, 2.24) is 0 Å². The topological polar surface area (TPSA) is 35.5 Å². The molecule has 0 saturated carbocycles. The maximum Gasteiger partial charge on any atom is 0.163 e. The summed E-state index contributed by atoms with van der Waals surface area (Å²) in [5.74, 6) is 1.12. The molecule has 3 heteroatoms. The zero-order chi connectivity index (χ0) is 13.2. The standard InChI is InChI=1S/C16H20O3/c1-11-8-9-12(19-11)10-18-16-7-3-4-13-14(16)5-2-6-15(13)17/h3-4,7,11-12H,2,5-6,8-10H2,1H3. The molecule has 19 heavy (non-hydrogen) atoms. The molecular weight excluding hydrogens is 240 g/mol.